The molecule has 0 radical (unpaired) electrons. The van der Waals surface area contributed by atoms with E-state index in [-0.39, 0.29) is 25.0 Å². The van der Waals surface area contributed by atoms with Gasteiger partial charge in [0.15, 0.2) is 0 Å². The maximum Gasteiger partial charge on any atom is 0.260 e. The fourth-order valence-corrected chi connectivity index (χ4v) is 4.75. The molecular formula is C24H23BrFN5O3. The Bertz CT molecular complexity index is 1210. The minimum Gasteiger partial charge on any atom is -0.388 e. The van der Waals surface area contributed by atoms with E-state index in [4.69, 9.17) is 0 Å². The highest BCUT2D eigenvalue weighted by molar-refractivity contribution is 9.10. The van der Waals surface area contributed by atoms with Gasteiger partial charge in [-0.1, -0.05) is 15.9 Å². The highest BCUT2D eigenvalue weighted by Crippen LogP contribution is 2.34. The summed E-state index contributed by atoms with van der Waals surface area (Å²) in [6.45, 7) is 1.10. The standard InChI is InChI=1S/C24H23BrFN5O3/c25-17-3-7-19(8-4-17)31-15-30(23(33)20-13-27-28-21(20)31)14-24(34)9-11-29(12-10-24)22(32)16-1-5-18(26)6-2-16/h1-8,13,34H,9-12,14-15H2,(H,27,28). The SMILES string of the molecule is O=C(c1ccc(F)cc1)N1CCC(O)(CN2CN(c3ccc(Br)cc3)c3[nH]ncc3C2=O)CC1. The molecule has 1 saturated heterocycles. The van der Waals surface area contributed by atoms with Gasteiger partial charge in [0.2, 0.25) is 0 Å². The number of likely N-dealkylation sites (tertiary alicyclic amines) is 1. The van der Waals surface area contributed by atoms with E-state index in [0.717, 1.165) is 10.2 Å². The number of hydrogen-bond donors (Lipinski definition) is 2. The van der Waals surface area contributed by atoms with Crippen LogP contribution in [0.25, 0.3) is 0 Å². The molecule has 176 valence electrons. The Kier molecular flexibility index (Phi) is 5.86. The number of rotatable bonds is 4. The van der Waals surface area contributed by atoms with Crippen molar-refractivity contribution < 1.29 is 19.1 Å². The van der Waals surface area contributed by atoms with E-state index in [1.807, 2.05) is 29.2 Å². The number of aliphatic hydroxyl groups is 1. The number of carbonyl (C=O) groups is 2. The number of aromatic amines is 1. The minimum absolute atomic E-state index is 0.141. The van der Waals surface area contributed by atoms with Crippen LogP contribution >= 0.6 is 15.9 Å². The minimum atomic E-state index is -1.12. The molecule has 0 bridgehead atoms. The molecule has 0 spiro atoms. The highest BCUT2D eigenvalue weighted by Gasteiger charge is 2.40. The Morgan fingerprint density at radius 3 is 2.47 bits per heavy atom. The van der Waals surface area contributed by atoms with Crippen LogP contribution in [0.15, 0.2) is 59.2 Å². The lowest BCUT2D eigenvalue weighted by atomic mass is 9.90. The second-order valence-electron chi connectivity index (χ2n) is 8.70. The number of carbonyl (C=O) groups excluding carboxylic acids is 2. The third kappa shape index (κ3) is 4.30. The number of β-amino-alcohol motifs (C(OH)–C–C–N with tert-alkyl or cyclic N) is 1. The topological polar surface area (TPSA) is 92.8 Å². The number of nitrogens with zero attached hydrogens (tertiary/aromatic N) is 4. The predicted octanol–water partition coefficient (Wildman–Crippen LogP) is 3.53. The summed E-state index contributed by atoms with van der Waals surface area (Å²) in [4.78, 5) is 31.1. The number of aromatic nitrogens is 2. The van der Waals surface area contributed by atoms with Gasteiger partial charge in [0.25, 0.3) is 11.8 Å². The molecule has 10 heteroatoms. The first-order valence-corrected chi connectivity index (χ1v) is 11.8. The largest absolute Gasteiger partial charge is 0.388 e. The number of H-pyrrole nitrogens is 1. The number of nitrogens with one attached hydrogen (secondary N) is 1. The van der Waals surface area contributed by atoms with Crippen LogP contribution in [0.4, 0.5) is 15.9 Å². The van der Waals surface area contributed by atoms with Crippen LogP contribution in [0.5, 0.6) is 0 Å². The number of anilines is 2. The van der Waals surface area contributed by atoms with Crippen LogP contribution in [0, 0.1) is 5.82 Å². The number of piperidine rings is 1. The van der Waals surface area contributed by atoms with E-state index >= 15 is 0 Å². The summed E-state index contributed by atoms with van der Waals surface area (Å²) in [7, 11) is 0. The molecule has 2 aliphatic rings. The number of amides is 2. The second-order valence-corrected chi connectivity index (χ2v) is 9.62. The van der Waals surface area contributed by atoms with Crippen LogP contribution in [0.2, 0.25) is 0 Å². The summed E-state index contributed by atoms with van der Waals surface area (Å²) in [6, 6.07) is 13.2. The van der Waals surface area contributed by atoms with E-state index < -0.39 is 11.4 Å². The van der Waals surface area contributed by atoms with Crippen LogP contribution < -0.4 is 4.90 Å². The van der Waals surface area contributed by atoms with E-state index in [9.17, 15) is 19.1 Å². The number of halogens is 2. The Morgan fingerprint density at radius 2 is 1.79 bits per heavy atom. The molecule has 2 amide bonds. The summed E-state index contributed by atoms with van der Waals surface area (Å²) in [6.07, 6.45) is 2.17. The third-order valence-electron chi connectivity index (χ3n) is 6.41. The van der Waals surface area contributed by atoms with Gasteiger partial charge < -0.3 is 19.8 Å². The third-order valence-corrected chi connectivity index (χ3v) is 6.94. The molecule has 8 nitrogen and oxygen atoms in total. The van der Waals surface area contributed by atoms with Crippen molar-refractivity contribution in [1.29, 1.82) is 0 Å². The summed E-state index contributed by atoms with van der Waals surface area (Å²) in [5, 5.41) is 18.3. The molecule has 3 aromatic rings. The smallest absolute Gasteiger partial charge is 0.260 e. The Hall–Kier alpha value is -3.24. The molecule has 34 heavy (non-hydrogen) atoms. The van der Waals surface area contributed by atoms with Crippen molar-refractivity contribution in [2.24, 2.45) is 0 Å². The molecule has 1 aromatic heterocycles. The Morgan fingerprint density at radius 1 is 1.12 bits per heavy atom. The number of fused-ring (bicyclic) bond motifs is 1. The molecule has 3 heterocycles. The summed E-state index contributed by atoms with van der Waals surface area (Å²) in [5.74, 6) is -0.167. The quantitative estimate of drug-likeness (QED) is 0.541. The highest BCUT2D eigenvalue weighted by atomic mass is 79.9. The second kappa shape index (κ2) is 8.84. The zero-order valence-corrected chi connectivity index (χ0v) is 19.8. The molecule has 0 saturated carbocycles. The Labute approximate surface area is 204 Å². The molecular weight excluding hydrogens is 505 g/mol. The maximum absolute atomic E-state index is 13.2. The zero-order chi connectivity index (χ0) is 23.9. The fraction of sp³-hybridized carbons (Fsp3) is 0.292. The van der Waals surface area contributed by atoms with Gasteiger partial charge in [0.05, 0.1) is 25.0 Å². The summed E-state index contributed by atoms with van der Waals surface area (Å²) in [5.41, 5.74) is 0.622. The number of benzene rings is 2. The predicted molar refractivity (Wildman–Crippen MR) is 127 cm³/mol. The zero-order valence-electron chi connectivity index (χ0n) is 18.2. The lowest BCUT2D eigenvalue weighted by Gasteiger charge is -2.43. The Balaban J connectivity index is 1.29. The van der Waals surface area contributed by atoms with Gasteiger partial charge in [-0.3, -0.25) is 14.7 Å². The summed E-state index contributed by atoms with van der Waals surface area (Å²) < 4.78 is 14.1. The monoisotopic (exact) mass is 527 g/mol. The van der Waals surface area contributed by atoms with Gasteiger partial charge in [-0.2, -0.15) is 5.10 Å². The van der Waals surface area contributed by atoms with Crippen molar-refractivity contribution in [2.75, 3.05) is 31.2 Å². The van der Waals surface area contributed by atoms with Crippen LogP contribution in [0.3, 0.4) is 0 Å². The first kappa shape index (κ1) is 22.5. The molecule has 5 rings (SSSR count). The van der Waals surface area contributed by atoms with Gasteiger partial charge in [0, 0.05) is 28.8 Å². The molecule has 1 fully saturated rings. The van der Waals surface area contributed by atoms with Crippen molar-refractivity contribution in [2.45, 2.75) is 18.4 Å². The van der Waals surface area contributed by atoms with Crippen LogP contribution in [0.1, 0.15) is 33.6 Å². The van der Waals surface area contributed by atoms with Crippen molar-refractivity contribution in [1.82, 2.24) is 20.0 Å². The van der Waals surface area contributed by atoms with Gasteiger partial charge in [-0.25, -0.2) is 4.39 Å². The van der Waals surface area contributed by atoms with E-state index in [0.29, 0.717) is 42.9 Å². The summed E-state index contributed by atoms with van der Waals surface area (Å²) >= 11 is 3.44. The average Bonchev–Trinajstić information content (AvgIpc) is 3.33. The van der Waals surface area contributed by atoms with E-state index in [2.05, 4.69) is 26.1 Å². The molecule has 0 aliphatic carbocycles. The van der Waals surface area contributed by atoms with E-state index in [1.165, 1.54) is 30.5 Å². The van der Waals surface area contributed by atoms with Gasteiger partial charge in [-0.15, -0.1) is 0 Å². The molecule has 2 aromatic carbocycles. The van der Waals surface area contributed by atoms with Gasteiger partial charge >= 0.3 is 0 Å². The first-order chi connectivity index (χ1) is 16.3. The van der Waals surface area contributed by atoms with Gasteiger partial charge in [0.1, 0.15) is 17.2 Å². The van der Waals surface area contributed by atoms with E-state index in [1.54, 1.807) is 9.80 Å². The van der Waals surface area contributed by atoms with Gasteiger partial charge in [-0.05, 0) is 61.4 Å². The average molecular weight is 528 g/mol. The van der Waals surface area contributed by atoms with Crippen LogP contribution in [-0.2, 0) is 0 Å². The normalized spacial score (nSPS) is 17.6. The fourth-order valence-electron chi connectivity index (χ4n) is 4.49. The molecule has 2 N–H and O–H groups in total. The molecule has 0 atom stereocenters. The lowest BCUT2D eigenvalue weighted by Crippen LogP contribution is -2.56. The molecule has 2 aliphatic heterocycles. The van der Waals surface area contributed by atoms with Crippen molar-refractivity contribution in [3.63, 3.8) is 0 Å². The number of hydrogen-bond acceptors (Lipinski definition) is 5. The molecule has 0 unspecified atom stereocenters. The van der Waals surface area contributed by atoms with Crippen molar-refractivity contribution in [3.8, 4) is 0 Å². The first-order valence-electron chi connectivity index (χ1n) is 11.0. The van der Waals surface area contributed by atoms with Crippen molar-refractivity contribution >= 4 is 39.2 Å². The lowest BCUT2D eigenvalue weighted by molar-refractivity contribution is -0.0367. The maximum atomic E-state index is 13.2. The van der Waals surface area contributed by atoms with Crippen molar-refractivity contribution in [3.05, 3.63) is 76.1 Å². The van der Waals surface area contributed by atoms with Crippen LogP contribution in [-0.4, -0.2) is 68.8 Å².